The fourth-order valence-electron chi connectivity index (χ4n) is 3.99. The van der Waals surface area contributed by atoms with E-state index in [4.69, 9.17) is 5.73 Å². The number of para-hydroxylation sites is 1. The first-order chi connectivity index (χ1) is 14.0. The Kier molecular flexibility index (Phi) is 4.80. The molecule has 146 valence electrons. The van der Waals surface area contributed by atoms with E-state index in [1.54, 1.807) is 12.1 Å². The normalized spacial score (nSPS) is 11.1. The van der Waals surface area contributed by atoms with Gasteiger partial charge in [0.1, 0.15) is 11.3 Å². The fraction of sp³-hybridized carbons (Fsp3) is 0.167. The summed E-state index contributed by atoms with van der Waals surface area (Å²) in [5.74, 6) is -0.360. The van der Waals surface area contributed by atoms with Crippen LogP contribution in [0.25, 0.3) is 22.2 Å². The highest BCUT2D eigenvalue weighted by atomic mass is 16.3. The Bertz CT molecular complexity index is 1210. The molecule has 0 fully saturated rings. The van der Waals surface area contributed by atoms with Gasteiger partial charge in [-0.25, -0.2) is 4.98 Å². The average molecular weight is 385 g/mol. The molecule has 4 aromatic rings. The molecule has 0 radical (unpaired) electrons. The van der Waals surface area contributed by atoms with Crippen molar-refractivity contribution in [2.75, 3.05) is 0 Å². The third kappa shape index (κ3) is 3.36. The van der Waals surface area contributed by atoms with Gasteiger partial charge in [0.2, 0.25) is 0 Å². The van der Waals surface area contributed by atoms with Crippen molar-refractivity contribution in [2.24, 2.45) is 5.73 Å². The molecule has 2 aromatic carbocycles. The number of fused-ring (bicyclic) bond motifs is 1. The largest absolute Gasteiger partial charge is 0.506 e. The van der Waals surface area contributed by atoms with Crippen LogP contribution in [0.15, 0.2) is 60.7 Å². The molecule has 2 aromatic heterocycles. The van der Waals surface area contributed by atoms with E-state index in [0.717, 1.165) is 35.3 Å². The number of phenolic OH excluding ortho intramolecular Hbond substituents is 1. The molecule has 3 N–H and O–H groups in total. The number of hydrogen-bond donors (Lipinski definition) is 2. The molecule has 29 heavy (non-hydrogen) atoms. The number of amides is 1. The highest BCUT2D eigenvalue weighted by Gasteiger charge is 2.23. The second-order valence-corrected chi connectivity index (χ2v) is 7.22. The number of carbonyl (C=O) groups is 1. The van der Waals surface area contributed by atoms with E-state index in [2.05, 4.69) is 21.7 Å². The highest BCUT2D eigenvalue weighted by molar-refractivity contribution is 6.02. The van der Waals surface area contributed by atoms with Crippen LogP contribution < -0.4 is 5.73 Å². The lowest BCUT2D eigenvalue weighted by molar-refractivity contribution is 0.1000. The van der Waals surface area contributed by atoms with Crippen molar-refractivity contribution in [3.63, 3.8) is 0 Å². The number of aromatic hydroxyl groups is 1. The molecule has 0 bridgehead atoms. The summed E-state index contributed by atoms with van der Waals surface area (Å²) >= 11 is 0. The van der Waals surface area contributed by atoms with Crippen molar-refractivity contribution in [1.29, 1.82) is 0 Å². The standard InChI is InChI=1S/C24H23N3O2/c1-15-21(19-12-11-18-9-6-10-20(28)23(18)26-19)22(24(25)29)16(2)27(15)14-13-17-7-4-3-5-8-17/h3-12,28H,13-14H2,1-2H3,(H2,25,29). The van der Waals surface area contributed by atoms with Gasteiger partial charge in [0.05, 0.1) is 11.3 Å². The minimum absolute atomic E-state index is 0.114. The summed E-state index contributed by atoms with van der Waals surface area (Å²) in [6.45, 7) is 4.64. The van der Waals surface area contributed by atoms with E-state index >= 15 is 0 Å². The van der Waals surface area contributed by atoms with Crippen LogP contribution in [-0.4, -0.2) is 20.6 Å². The van der Waals surface area contributed by atoms with Crippen LogP contribution in [0.2, 0.25) is 0 Å². The topological polar surface area (TPSA) is 81.1 Å². The number of nitrogens with two attached hydrogens (primary N) is 1. The number of aryl methyl sites for hydroxylation is 1. The SMILES string of the molecule is Cc1c(C(N)=O)c(-c2ccc3cccc(O)c3n2)c(C)n1CCc1ccccc1. The van der Waals surface area contributed by atoms with Gasteiger partial charge in [0.25, 0.3) is 5.91 Å². The molecule has 0 saturated carbocycles. The van der Waals surface area contributed by atoms with Crippen LogP contribution in [0.5, 0.6) is 5.75 Å². The van der Waals surface area contributed by atoms with Gasteiger partial charge in [-0.2, -0.15) is 0 Å². The molecular weight excluding hydrogens is 362 g/mol. The van der Waals surface area contributed by atoms with E-state index in [0.29, 0.717) is 16.8 Å². The van der Waals surface area contributed by atoms with Crippen LogP contribution in [0.3, 0.4) is 0 Å². The summed E-state index contributed by atoms with van der Waals surface area (Å²) in [6, 6.07) is 19.3. The first-order valence-electron chi connectivity index (χ1n) is 9.60. The van der Waals surface area contributed by atoms with Gasteiger partial charge in [0.15, 0.2) is 0 Å². The molecule has 0 aliphatic carbocycles. The number of aromatic nitrogens is 2. The van der Waals surface area contributed by atoms with Crippen molar-refractivity contribution >= 4 is 16.8 Å². The third-order valence-electron chi connectivity index (χ3n) is 5.45. The Morgan fingerprint density at radius 1 is 1.00 bits per heavy atom. The van der Waals surface area contributed by atoms with Gasteiger partial charge in [-0.15, -0.1) is 0 Å². The number of primary amides is 1. The molecular formula is C24H23N3O2. The molecule has 0 atom stereocenters. The summed E-state index contributed by atoms with van der Waals surface area (Å²) < 4.78 is 2.12. The number of pyridine rings is 1. The second-order valence-electron chi connectivity index (χ2n) is 7.22. The van der Waals surface area contributed by atoms with Gasteiger partial charge >= 0.3 is 0 Å². The Morgan fingerprint density at radius 2 is 1.76 bits per heavy atom. The van der Waals surface area contributed by atoms with Gasteiger partial charge in [-0.1, -0.05) is 48.5 Å². The zero-order valence-corrected chi connectivity index (χ0v) is 16.5. The Labute approximate surface area is 169 Å². The summed E-state index contributed by atoms with van der Waals surface area (Å²) in [4.78, 5) is 17.0. The van der Waals surface area contributed by atoms with Crippen LogP contribution in [0, 0.1) is 13.8 Å². The first-order valence-corrected chi connectivity index (χ1v) is 9.60. The van der Waals surface area contributed by atoms with E-state index in [-0.39, 0.29) is 5.75 Å². The molecule has 0 aliphatic heterocycles. The number of hydrogen-bond acceptors (Lipinski definition) is 3. The third-order valence-corrected chi connectivity index (χ3v) is 5.45. The van der Waals surface area contributed by atoms with Crippen LogP contribution in [-0.2, 0) is 13.0 Å². The van der Waals surface area contributed by atoms with Crippen molar-refractivity contribution in [1.82, 2.24) is 9.55 Å². The lowest BCUT2D eigenvalue weighted by Crippen LogP contribution is -2.14. The van der Waals surface area contributed by atoms with Crippen LogP contribution in [0.4, 0.5) is 0 Å². The number of phenols is 1. The molecule has 4 rings (SSSR count). The smallest absolute Gasteiger partial charge is 0.251 e. The highest BCUT2D eigenvalue weighted by Crippen LogP contribution is 2.33. The zero-order valence-electron chi connectivity index (χ0n) is 16.5. The monoisotopic (exact) mass is 385 g/mol. The maximum atomic E-state index is 12.3. The first kappa shape index (κ1) is 18.7. The fourth-order valence-corrected chi connectivity index (χ4v) is 3.99. The van der Waals surface area contributed by atoms with Crippen molar-refractivity contribution in [2.45, 2.75) is 26.8 Å². The second kappa shape index (κ2) is 7.43. The van der Waals surface area contributed by atoms with Crippen molar-refractivity contribution in [3.05, 3.63) is 83.2 Å². The van der Waals surface area contributed by atoms with Crippen LogP contribution in [0.1, 0.15) is 27.3 Å². The quantitative estimate of drug-likeness (QED) is 0.535. The molecule has 0 aliphatic rings. The number of benzene rings is 2. The van der Waals surface area contributed by atoms with Gasteiger partial charge in [-0.3, -0.25) is 4.79 Å². The maximum absolute atomic E-state index is 12.3. The van der Waals surface area contributed by atoms with E-state index < -0.39 is 5.91 Å². The molecule has 0 saturated heterocycles. The van der Waals surface area contributed by atoms with Crippen molar-refractivity contribution < 1.29 is 9.90 Å². The summed E-state index contributed by atoms with van der Waals surface area (Å²) in [5, 5.41) is 11.0. The Morgan fingerprint density at radius 3 is 2.48 bits per heavy atom. The van der Waals surface area contributed by atoms with E-state index in [9.17, 15) is 9.90 Å². The van der Waals surface area contributed by atoms with Crippen LogP contribution >= 0.6 is 0 Å². The minimum atomic E-state index is -0.474. The number of rotatable bonds is 5. The molecule has 2 heterocycles. The predicted molar refractivity (Wildman–Crippen MR) is 115 cm³/mol. The minimum Gasteiger partial charge on any atom is -0.506 e. The van der Waals surface area contributed by atoms with Crippen molar-refractivity contribution in [3.8, 4) is 17.0 Å². The average Bonchev–Trinajstić information content (AvgIpc) is 2.97. The number of carbonyl (C=O) groups excluding carboxylic acids is 1. The number of nitrogens with zero attached hydrogens (tertiary/aromatic N) is 2. The molecule has 5 nitrogen and oxygen atoms in total. The summed E-state index contributed by atoms with van der Waals surface area (Å²) in [7, 11) is 0. The van der Waals surface area contributed by atoms with Gasteiger partial charge in [-0.05, 0) is 38.0 Å². The van der Waals surface area contributed by atoms with E-state index in [1.165, 1.54) is 5.56 Å². The molecule has 5 heteroatoms. The Balaban J connectivity index is 1.83. The Hall–Kier alpha value is -3.60. The summed E-state index contributed by atoms with van der Waals surface area (Å²) in [6.07, 6.45) is 0.848. The summed E-state index contributed by atoms with van der Waals surface area (Å²) in [5.41, 5.74) is 11.1. The zero-order chi connectivity index (χ0) is 20.5. The lowest BCUT2D eigenvalue weighted by atomic mass is 10.0. The van der Waals surface area contributed by atoms with Gasteiger partial charge in [0, 0.05) is 28.9 Å². The molecule has 0 spiro atoms. The van der Waals surface area contributed by atoms with E-state index in [1.807, 2.05) is 50.2 Å². The predicted octanol–water partition coefficient (Wildman–Crippen LogP) is 4.37. The maximum Gasteiger partial charge on any atom is 0.251 e. The molecule has 0 unspecified atom stereocenters. The lowest BCUT2D eigenvalue weighted by Gasteiger charge is -2.10. The van der Waals surface area contributed by atoms with Gasteiger partial charge < -0.3 is 15.4 Å². The molecule has 1 amide bonds.